The van der Waals surface area contributed by atoms with Gasteiger partial charge in [-0.1, -0.05) is 19.1 Å². The lowest BCUT2D eigenvalue weighted by atomic mass is 10.0. The number of benzene rings is 1. The van der Waals surface area contributed by atoms with Crippen molar-refractivity contribution in [2.75, 3.05) is 40.3 Å². The summed E-state index contributed by atoms with van der Waals surface area (Å²) in [6, 6.07) is 6.94. The SMILES string of the molecule is CCN1CCC(n2c(C)c(C(N)=O)c3ccc(CCN(C)C)cc32)CC1. The van der Waals surface area contributed by atoms with Gasteiger partial charge in [-0.2, -0.15) is 0 Å². The van der Waals surface area contributed by atoms with Gasteiger partial charge in [0.15, 0.2) is 0 Å². The molecule has 1 aliphatic heterocycles. The third-order valence-corrected chi connectivity index (χ3v) is 5.78. The number of piperidine rings is 1. The Bertz CT molecular complexity index is 785. The van der Waals surface area contributed by atoms with Gasteiger partial charge in [-0.05, 0) is 58.5 Å². The van der Waals surface area contributed by atoms with Crippen LogP contribution in [0.3, 0.4) is 0 Å². The molecule has 0 radical (unpaired) electrons. The van der Waals surface area contributed by atoms with E-state index in [4.69, 9.17) is 5.73 Å². The number of primary amides is 1. The monoisotopic (exact) mass is 356 g/mol. The molecule has 26 heavy (non-hydrogen) atoms. The predicted molar refractivity (Wildman–Crippen MR) is 108 cm³/mol. The van der Waals surface area contributed by atoms with Gasteiger partial charge < -0.3 is 20.1 Å². The van der Waals surface area contributed by atoms with E-state index in [-0.39, 0.29) is 5.91 Å². The third kappa shape index (κ3) is 3.64. The molecule has 2 N–H and O–H groups in total. The van der Waals surface area contributed by atoms with Gasteiger partial charge in [-0.25, -0.2) is 0 Å². The van der Waals surface area contributed by atoms with E-state index in [1.54, 1.807) is 0 Å². The molecule has 0 aliphatic carbocycles. The number of hydrogen-bond donors (Lipinski definition) is 1. The molecule has 2 aromatic rings. The molecule has 0 unspecified atom stereocenters. The molecule has 0 atom stereocenters. The van der Waals surface area contributed by atoms with E-state index in [1.165, 1.54) is 11.1 Å². The molecule has 3 rings (SSSR count). The maximum absolute atomic E-state index is 12.1. The molecule has 2 heterocycles. The second-order valence-electron chi connectivity index (χ2n) is 7.76. The van der Waals surface area contributed by atoms with E-state index in [1.807, 2.05) is 6.92 Å². The van der Waals surface area contributed by atoms with Crippen LogP contribution < -0.4 is 5.73 Å². The van der Waals surface area contributed by atoms with E-state index in [9.17, 15) is 4.79 Å². The summed E-state index contributed by atoms with van der Waals surface area (Å²) in [5.74, 6) is -0.321. The Labute approximate surface area is 156 Å². The van der Waals surface area contributed by atoms with Crippen molar-refractivity contribution in [3.8, 4) is 0 Å². The number of aromatic nitrogens is 1. The summed E-state index contributed by atoms with van der Waals surface area (Å²) >= 11 is 0. The van der Waals surface area contributed by atoms with Crippen LogP contribution in [0.25, 0.3) is 10.9 Å². The Hall–Kier alpha value is -1.85. The molecule has 1 aromatic heterocycles. The third-order valence-electron chi connectivity index (χ3n) is 5.78. The average molecular weight is 357 g/mol. The summed E-state index contributed by atoms with van der Waals surface area (Å²) in [4.78, 5) is 16.8. The van der Waals surface area contributed by atoms with Gasteiger partial charge in [0, 0.05) is 42.3 Å². The van der Waals surface area contributed by atoms with Crippen molar-refractivity contribution in [3.63, 3.8) is 0 Å². The molecule has 0 saturated carbocycles. The lowest BCUT2D eigenvalue weighted by Gasteiger charge is -2.33. The number of nitrogens with zero attached hydrogens (tertiary/aromatic N) is 3. The molecule has 5 nitrogen and oxygen atoms in total. The number of carbonyl (C=O) groups is 1. The van der Waals surface area contributed by atoms with Crippen LogP contribution in [0, 0.1) is 6.92 Å². The van der Waals surface area contributed by atoms with E-state index in [0.29, 0.717) is 11.6 Å². The zero-order valence-corrected chi connectivity index (χ0v) is 16.6. The first kappa shape index (κ1) is 18.9. The first-order chi connectivity index (χ1) is 12.4. The lowest BCUT2D eigenvalue weighted by molar-refractivity contribution is 0.100. The van der Waals surface area contributed by atoms with E-state index >= 15 is 0 Å². The number of fused-ring (bicyclic) bond motifs is 1. The Kier molecular flexibility index (Phi) is 5.68. The van der Waals surface area contributed by atoms with Crippen molar-refractivity contribution in [1.82, 2.24) is 14.4 Å². The van der Waals surface area contributed by atoms with Gasteiger partial charge in [-0.3, -0.25) is 4.79 Å². The zero-order valence-electron chi connectivity index (χ0n) is 16.6. The number of amides is 1. The zero-order chi connectivity index (χ0) is 18.8. The number of likely N-dealkylation sites (N-methyl/N-ethyl adjacent to an activating group) is 1. The van der Waals surface area contributed by atoms with Crippen LogP contribution in [0.15, 0.2) is 18.2 Å². The topological polar surface area (TPSA) is 54.5 Å². The smallest absolute Gasteiger partial charge is 0.251 e. The molecule has 0 bridgehead atoms. The highest BCUT2D eigenvalue weighted by atomic mass is 16.1. The average Bonchev–Trinajstić information content (AvgIpc) is 2.91. The van der Waals surface area contributed by atoms with Crippen molar-refractivity contribution in [2.45, 2.75) is 39.2 Å². The predicted octanol–water partition coefficient (Wildman–Crippen LogP) is 2.81. The number of likely N-dealkylation sites (tertiary alicyclic amines) is 1. The maximum atomic E-state index is 12.1. The van der Waals surface area contributed by atoms with Gasteiger partial charge in [-0.15, -0.1) is 0 Å². The largest absolute Gasteiger partial charge is 0.366 e. The van der Waals surface area contributed by atoms with E-state index in [0.717, 1.165) is 56.5 Å². The molecule has 1 aromatic carbocycles. The van der Waals surface area contributed by atoms with Crippen molar-refractivity contribution < 1.29 is 4.79 Å². The summed E-state index contributed by atoms with van der Waals surface area (Å²) in [7, 11) is 4.19. The lowest BCUT2D eigenvalue weighted by Crippen LogP contribution is -2.34. The van der Waals surface area contributed by atoms with Crippen LogP contribution in [-0.4, -0.2) is 60.5 Å². The van der Waals surface area contributed by atoms with Crippen LogP contribution in [-0.2, 0) is 6.42 Å². The Morgan fingerprint density at radius 3 is 2.54 bits per heavy atom. The van der Waals surface area contributed by atoms with Gasteiger partial charge in [0.2, 0.25) is 0 Å². The van der Waals surface area contributed by atoms with Crippen LogP contribution in [0.1, 0.15) is 47.4 Å². The van der Waals surface area contributed by atoms with Crippen LogP contribution in [0.2, 0.25) is 0 Å². The molecule has 1 amide bonds. The molecular weight excluding hydrogens is 324 g/mol. The second kappa shape index (κ2) is 7.80. The summed E-state index contributed by atoms with van der Waals surface area (Å²) in [6.07, 6.45) is 3.25. The molecule has 142 valence electrons. The van der Waals surface area contributed by atoms with Gasteiger partial charge in [0.1, 0.15) is 0 Å². The van der Waals surface area contributed by atoms with Gasteiger partial charge >= 0.3 is 0 Å². The standard InChI is InChI=1S/C21H32N4O/c1-5-24-12-9-17(10-13-24)25-15(2)20(21(22)26)18-7-6-16(14-19(18)25)8-11-23(3)4/h6-7,14,17H,5,8-13H2,1-4H3,(H2,22,26). The fraction of sp³-hybridized carbons (Fsp3) is 0.571. The van der Waals surface area contributed by atoms with Crippen molar-refractivity contribution in [2.24, 2.45) is 5.73 Å². The molecule has 0 spiro atoms. The Balaban J connectivity index is 2.03. The first-order valence-corrected chi connectivity index (χ1v) is 9.72. The fourth-order valence-electron chi connectivity index (χ4n) is 4.27. The fourth-order valence-corrected chi connectivity index (χ4v) is 4.27. The maximum Gasteiger partial charge on any atom is 0.251 e. The highest BCUT2D eigenvalue weighted by Gasteiger charge is 2.26. The summed E-state index contributed by atoms with van der Waals surface area (Å²) < 4.78 is 2.39. The highest BCUT2D eigenvalue weighted by Crippen LogP contribution is 2.34. The molecular formula is C21H32N4O. The van der Waals surface area contributed by atoms with Crippen LogP contribution in [0.4, 0.5) is 0 Å². The highest BCUT2D eigenvalue weighted by molar-refractivity contribution is 6.07. The van der Waals surface area contributed by atoms with Crippen molar-refractivity contribution >= 4 is 16.8 Å². The first-order valence-electron chi connectivity index (χ1n) is 9.72. The van der Waals surface area contributed by atoms with Crippen LogP contribution >= 0.6 is 0 Å². The van der Waals surface area contributed by atoms with Gasteiger partial charge in [0.05, 0.1) is 5.56 Å². The normalized spacial score (nSPS) is 16.7. The number of carbonyl (C=O) groups excluding carboxylic acids is 1. The van der Waals surface area contributed by atoms with E-state index in [2.05, 4.69) is 53.6 Å². The van der Waals surface area contributed by atoms with Crippen molar-refractivity contribution in [3.05, 3.63) is 35.0 Å². The quantitative estimate of drug-likeness (QED) is 0.866. The van der Waals surface area contributed by atoms with Crippen molar-refractivity contribution in [1.29, 1.82) is 0 Å². The second-order valence-corrected chi connectivity index (χ2v) is 7.76. The number of nitrogens with two attached hydrogens (primary N) is 1. The summed E-state index contributed by atoms with van der Waals surface area (Å²) in [5, 5.41) is 1.00. The van der Waals surface area contributed by atoms with Crippen LogP contribution in [0.5, 0.6) is 0 Å². The molecule has 5 heteroatoms. The molecule has 1 saturated heterocycles. The molecule has 1 aliphatic rings. The number of hydrogen-bond acceptors (Lipinski definition) is 3. The minimum absolute atomic E-state index is 0.321. The minimum atomic E-state index is -0.321. The minimum Gasteiger partial charge on any atom is -0.366 e. The molecule has 1 fully saturated rings. The summed E-state index contributed by atoms with van der Waals surface area (Å²) in [6.45, 7) is 8.63. The Morgan fingerprint density at radius 2 is 1.96 bits per heavy atom. The Morgan fingerprint density at radius 1 is 1.27 bits per heavy atom. The van der Waals surface area contributed by atoms with Gasteiger partial charge in [0.25, 0.3) is 5.91 Å². The summed E-state index contributed by atoms with van der Waals surface area (Å²) in [5.41, 5.74) is 9.93. The van der Waals surface area contributed by atoms with E-state index < -0.39 is 0 Å². The number of rotatable bonds is 6.